The van der Waals surface area contributed by atoms with E-state index in [-0.39, 0.29) is 6.04 Å². The lowest BCUT2D eigenvalue weighted by Gasteiger charge is -2.43. The van der Waals surface area contributed by atoms with Gasteiger partial charge in [-0.2, -0.15) is 0 Å². The van der Waals surface area contributed by atoms with Crippen molar-refractivity contribution in [2.45, 2.75) is 38.8 Å². The fraction of sp³-hybridized carbons (Fsp3) is 0.429. The summed E-state index contributed by atoms with van der Waals surface area (Å²) in [6.45, 7) is 6.57. The first-order valence-corrected chi connectivity index (χ1v) is 9.57. The lowest BCUT2D eigenvalue weighted by atomic mass is 9.89. The molecule has 2 aliphatic heterocycles. The number of fused-ring (bicyclic) bond motifs is 5. The summed E-state index contributed by atoms with van der Waals surface area (Å²) in [5.74, 6) is 2.48. The quantitative estimate of drug-likeness (QED) is 0.796. The summed E-state index contributed by atoms with van der Waals surface area (Å²) in [6.07, 6.45) is 2.35. The van der Waals surface area contributed by atoms with Crippen LogP contribution in [-0.4, -0.2) is 19.1 Å². The molecule has 0 saturated carbocycles. The minimum Gasteiger partial charge on any atom is -0.455 e. The van der Waals surface area contributed by atoms with E-state index < -0.39 is 0 Å². The van der Waals surface area contributed by atoms with E-state index in [0.29, 0.717) is 12.0 Å². The first kappa shape index (κ1) is 16.7. The third-order valence-corrected chi connectivity index (χ3v) is 5.34. The van der Waals surface area contributed by atoms with Gasteiger partial charge in [-0.15, -0.1) is 0 Å². The second-order valence-corrected chi connectivity index (χ2v) is 7.88. The molecule has 2 aromatic rings. The first-order valence-electron chi connectivity index (χ1n) is 9.20. The summed E-state index contributed by atoms with van der Waals surface area (Å²) in [6, 6.07) is 15.0. The third-order valence-electron chi connectivity index (χ3n) is 5.11. The van der Waals surface area contributed by atoms with Gasteiger partial charge in [-0.05, 0) is 49.6 Å². The van der Waals surface area contributed by atoms with Crippen molar-refractivity contribution >= 4 is 17.3 Å². The highest BCUT2D eigenvalue weighted by molar-refractivity contribution is 6.31. The molecule has 0 amide bonds. The zero-order valence-electron chi connectivity index (χ0n) is 14.8. The van der Waals surface area contributed by atoms with E-state index in [9.17, 15) is 0 Å². The van der Waals surface area contributed by atoms with Gasteiger partial charge in [-0.3, -0.25) is 0 Å². The molecule has 132 valence electrons. The molecule has 4 heteroatoms. The molecule has 0 bridgehead atoms. The van der Waals surface area contributed by atoms with E-state index >= 15 is 0 Å². The van der Waals surface area contributed by atoms with Crippen molar-refractivity contribution in [3.8, 4) is 11.5 Å². The number of halogens is 1. The fourth-order valence-electron chi connectivity index (χ4n) is 3.99. The SMILES string of the molecule is CC(C)CN[C@H]1CCCN2c3cc(Cl)ccc3Oc3ccccc3[C@H]12. The number of benzene rings is 2. The molecule has 0 aromatic heterocycles. The lowest BCUT2D eigenvalue weighted by molar-refractivity contribution is 0.332. The zero-order valence-corrected chi connectivity index (χ0v) is 15.6. The molecule has 25 heavy (non-hydrogen) atoms. The summed E-state index contributed by atoms with van der Waals surface area (Å²) in [7, 11) is 0. The van der Waals surface area contributed by atoms with Crippen molar-refractivity contribution < 1.29 is 4.74 Å². The van der Waals surface area contributed by atoms with Gasteiger partial charge >= 0.3 is 0 Å². The van der Waals surface area contributed by atoms with Crippen molar-refractivity contribution in [3.63, 3.8) is 0 Å². The number of rotatable bonds is 3. The average Bonchev–Trinajstić information content (AvgIpc) is 2.75. The Bertz CT molecular complexity index is 761. The number of piperidine rings is 1. The lowest BCUT2D eigenvalue weighted by Crippen LogP contribution is -2.49. The molecule has 2 aromatic carbocycles. The van der Waals surface area contributed by atoms with E-state index in [1.165, 1.54) is 18.4 Å². The van der Waals surface area contributed by atoms with Crippen molar-refractivity contribution in [2.24, 2.45) is 5.92 Å². The van der Waals surface area contributed by atoms with Gasteiger partial charge in [-0.1, -0.05) is 43.6 Å². The number of hydrogen-bond donors (Lipinski definition) is 1. The van der Waals surface area contributed by atoms with E-state index in [2.05, 4.69) is 42.3 Å². The molecule has 0 radical (unpaired) electrons. The summed E-state index contributed by atoms with van der Waals surface area (Å²) in [5, 5.41) is 4.56. The number of nitrogens with zero attached hydrogens (tertiary/aromatic N) is 1. The number of anilines is 1. The second kappa shape index (κ2) is 6.89. The standard InChI is InChI=1S/C21H25ClN2O/c1-14(2)13-23-17-7-5-11-24-18-12-15(22)9-10-20(18)25-19-8-4-3-6-16(19)21(17)24/h3-4,6,8-10,12,14,17,21,23H,5,7,11,13H2,1-2H3/t17-,21+/m0/s1. The number of ether oxygens (including phenoxy) is 1. The van der Waals surface area contributed by atoms with Crippen LogP contribution >= 0.6 is 11.6 Å². The van der Waals surface area contributed by atoms with Gasteiger partial charge in [0.15, 0.2) is 5.75 Å². The molecule has 2 heterocycles. The normalized spacial score (nSPS) is 21.8. The molecule has 1 fully saturated rings. The molecule has 1 saturated heterocycles. The van der Waals surface area contributed by atoms with Gasteiger partial charge in [-0.25, -0.2) is 0 Å². The van der Waals surface area contributed by atoms with Gasteiger partial charge in [0.25, 0.3) is 0 Å². The monoisotopic (exact) mass is 356 g/mol. The molecule has 3 nitrogen and oxygen atoms in total. The van der Waals surface area contributed by atoms with Crippen molar-refractivity contribution in [3.05, 3.63) is 53.1 Å². The van der Waals surface area contributed by atoms with Crippen LogP contribution < -0.4 is 15.0 Å². The molecular weight excluding hydrogens is 332 g/mol. The second-order valence-electron chi connectivity index (χ2n) is 7.44. The van der Waals surface area contributed by atoms with Gasteiger partial charge in [0.1, 0.15) is 5.75 Å². The van der Waals surface area contributed by atoms with Crippen LogP contribution in [0.2, 0.25) is 5.02 Å². The highest BCUT2D eigenvalue weighted by Crippen LogP contribution is 2.48. The Morgan fingerprint density at radius 2 is 2.04 bits per heavy atom. The Balaban J connectivity index is 1.80. The molecule has 0 unspecified atom stereocenters. The van der Waals surface area contributed by atoms with Gasteiger partial charge in [0, 0.05) is 23.2 Å². The minimum absolute atomic E-state index is 0.267. The maximum Gasteiger partial charge on any atom is 0.150 e. The van der Waals surface area contributed by atoms with Crippen LogP contribution in [-0.2, 0) is 0 Å². The van der Waals surface area contributed by atoms with Crippen LogP contribution in [0.25, 0.3) is 0 Å². The Hall–Kier alpha value is -1.71. The summed E-state index contributed by atoms with van der Waals surface area (Å²) in [4.78, 5) is 2.48. The highest BCUT2D eigenvalue weighted by Gasteiger charge is 2.37. The maximum atomic E-state index is 6.31. The van der Waals surface area contributed by atoms with Crippen LogP contribution in [0.5, 0.6) is 11.5 Å². The fourth-order valence-corrected chi connectivity index (χ4v) is 4.16. The van der Waals surface area contributed by atoms with Crippen LogP contribution in [0.15, 0.2) is 42.5 Å². The van der Waals surface area contributed by atoms with Crippen LogP contribution in [0.3, 0.4) is 0 Å². The molecule has 2 aliphatic rings. The Labute approximate surface area is 154 Å². The molecular formula is C21H25ClN2O. The molecule has 0 aliphatic carbocycles. The Morgan fingerprint density at radius 3 is 2.88 bits per heavy atom. The zero-order chi connectivity index (χ0) is 17.4. The van der Waals surface area contributed by atoms with Crippen molar-refractivity contribution in [1.29, 1.82) is 0 Å². The Morgan fingerprint density at radius 1 is 1.20 bits per heavy atom. The van der Waals surface area contributed by atoms with Crippen LogP contribution in [0, 0.1) is 5.92 Å². The third kappa shape index (κ3) is 3.23. The van der Waals surface area contributed by atoms with E-state index in [0.717, 1.165) is 35.3 Å². The Kier molecular flexibility index (Phi) is 4.61. The van der Waals surface area contributed by atoms with Gasteiger partial charge in [0.2, 0.25) is 0 Å². The van der Waals surface area contributed by atoms with Crippen molar-refractivity contribution in [1.82, 2.24) is 5.32 Å². The topological polar surface area (TPSA) is 24.5 Å². The molecule has 0 spiro atoms. The average molecular weight is 357 g/mol. The predicted molar refractivity (Wildman–Crippen MR) is 104 cm³/mol. The van der Waals surface area contributed by atoms with Crippen LogP contribution in [0.4, 0.5) is 5.69 Å². The smallest absolute Gasteiger partial charge is 0.150 e. The van der Waals surface area contributed by atoms with Gasteiger partial charge < -0.3 is 15.0 Å². The summed E-state index contributed by atoms with van der Waals surface area (Å²) >= 11 is 6.31. The maximum absolute atomic E-state index is 6.31. The first-order chi connectivity index (χ1) is 12.1. The predicted octanol–water partition coefficient (Wildman–Crippen LogP) is 5.40. The molecule has 4 rings (SSSR count). The van der Waals surface area contributed by atoms with Crippen molar-refractivity contribution in [2.75, 3.05) is 18.0 Å². The minimum atomic E-state index is 0.267. The number of nitrogens with one attached hydrogen (secondary N) is 1. The number of hydrogen-bond acceptors (Lipinski definition) is 3. The van der Waals surface area contributed by atoms with Crippen LogP contribution in [0.1, 0.15) is 38.3 Å². The van der Waals surface area contributed by atoms with E-state index in [1.807, 2.05) is 24.3 Å². The molecule has 1 N–H and O–H groups in total. The highest BCUT2D eigenvalue weighted by atomic mass is 35.5. The molecule has 2 atom stereocenters. The summed E-state index contributed by atoms with van der Waals surface area (Å²) < 4.78 is 6.30. The van der Waals surface area contributed by atoms with E-state index in [1.54, 1.807) is 0 Å². The largest absolute Gasteiger partial charge is 0.455 e. The number of para-hydroxylation sites is 1. The van der Waals surface area contributed by atoms with E-state index in [4.69, 9.17) is 16.3 Å². The summed E-state index contributed by atoms with van der Waals surface area (Å²) in [5.41, 5.74) is 2.36. The van der Waals surface area contributed by atoms with Gasteiger partial charge in [0.05, 0.1) is 11.7 Å².